The molecule has 0 spiro atoms. The van der Waals surface area contributed by atoms with E-state index in [2.05, 4.69) is 21.0 Å². The van der Waals surface area contributed by atoms with E-state index in [9.17, 15) is 14.9 Å². The highest BCUT2D eigenvalue weighted by atomic mass is 79.9. The molecule has 0 saturated heterocycles. The lowest BCUT2D eigenvalue weighted by Crippen LogP contribution is -2.11. The van der Waals surface area contributed by atoms with Crippen LogP contribution in [0.2, 0.25) is 5.02 Å². The van der Waals surface area contributed by atoms with Crippen LogP contribution in [0.1, 0.15) is 10.4 Å². The van der Waals surface area contributed by atoms with Crippen LogP contribution in [0.15, 0.2) is 34.9 Å². The quantitative estimate of drug-likeness (QED) is 0.485. The number of carbonyl (C=O) groups is 1. The van der Waals surface area contributed by atoms with Crippen molar-refractivity contribution in [3.8, 4) is 0 Å². The fraction of sp³-hybridized carbons (Fsp3) is 0.0909. The molecule has 2 rings (SSSR count). The summed E-state index contributed by atoms with van der Waals surface area (Å²) in [6.07, 6.45) is 1.26. The molecular weight excluding hydrogens is 337 g/mol. The first-order valence-corrected chi connectivity index (χ1v) is 6.30. The van der Waals surface area contributed by atoms with Crippen molar-refractivity contribution in [2.24, 2.45) is 0 Å². The van der Waals surface area contributed by atoms with Gasteiger partial charge in [-0.25, -0.2) is 0 Å². The van der Waals surface area contributed by atoms with Crippen LogP contribution in [0.25, 0.3) is 0 Å². The number of benzene rings is 1. The number of hydrogen-bond acceptors (Lipinski definition) is 4. The molecule has 2 aromatic rings. The summed E-state index contributed by atoms with van der Waals surface area (Å²) in [7, 11) is 0. The number of Topliss-reactive ketones (excluding diaryl/α,β-unsaturated/α-hetero) is 1. The van der Waals surface area contributed by atoms with E-state index in [1.807, 2.05) is 0 Å². The molecule has 0 unspecified atom stereocenters. The van der Waals surface area contributed by atoms with Crippen molar-refractivity contribution in [1.82, 2.24) is 9.78 Å². The zero-order valence-corrected chi connectivity index (χ0v) is 11.8. The van der Waals surface area contributed by atoms with Crippen LogP contribution in [0.3, 0.4) is 0 Å². The standard InChI is InChI=1S/C11H7BrClN3O3/c12-8-3-1-2-7(4-8)10(17)6-15-5-9(13)11(14-15)16(18)19/h1-5H,6H2. The molecular formula is C11H7BrClN3O3. The van der Waals surface area contributed by atoms with Gasteiger partial charge >= 0.3 is 5.82 Å². The first kappa shape index (κ1) is 13.7. The number of hydrogen-bond donors (Lipinski definition) is 0. The number of carbonyl (C=O) groups excluding carboxylic acids is 1. The minimum absolute atomic E-state index is 0.0907. The lowest BCUT2D eigenvalue weighted by atomic mass is 10.1. The average Bonchev–Trinajstić information content (AvgIpc) is 2.70. The van der Waals surface area contributed by atoms with Gasteiger partial charge in [-0.1, -0.05) is 39.7 Å². The molecule has 0 aliphatic heterocycles. The van der Waals surface area contributed by atoms with Crippen molar-refractivity contribution in [2.75, 3.05) is 0 Å². The smallest absolute Gasteiger partial charge is 0.358 e. The lowest BCUT2D eigenvalue weighted by molar-refractivity contribution is -0.389. The molecule has 98 valence electrons. The van der Waals surface area contributed by atoms with Crippen molar-refractivity contribution in [3.05, 3.63) is 55.6 Å². The van der Waals surface area contributed by atoms with Crippen molar-refractivity contribution >= 4 is 39.1 Å². The summed E-state index contributed by atoms with van der Waals surface area (Å²) in [6.45, 7) is -0.107. The molecule has 0 N–H and O–H groups in total. The Morgan fingerprint density at radius 2 is 2.26 bits per heavy atom. The highest BCUT2D eigenvalue weighted by molar-refractivity contribution is 9.10. The molecule has 8 heteroatoms. The topological polar surface area (TPSA) is 78.0 Å². The molecule has 0 amide bonds. The van der Waals surface area contributed by atoms with Gasteiger partial charge in [0.15, 0.2) is 10.8 Å². The van der Waals surface area contributed by atoms with E-state index in [1.165, 1.54) is 6.20 Å². The Balaban J connectivity index is 2.20. The summed E-state index contributed by atoms with van der Waals surface area (Å²) in [6, 6.07) is 6.86. The third-order valence-corrected chi connectivity index (χ3v) is 3.08. The molecule has 0 saturated carbocycles. The third-order valence-electron chi connectivity index (χ3n) is 2.32. The summed E-state index contributed by atoms with van der Waals surface area (Å²) in [5.41, 5.74) is 0.489. The monoisotopic (exact) mass is 343 g/mol. The number of halogens is 2. The van der Waals surface area contributed by atoms with E-state index in [-0.39, 0.29) is 17.4 Å². The van der Waals surface area contributed by atoms with E-state index in [1.54, 1.807) is 24.3 Å². The minimum Gasteiger partial charge on any atom is -0.358 e. The maximum Gasteiger partial charge on any atom is 0.408 e. The zero-order chi connectivity index (χ0) is 14.0. The van der Waals surface area contributed by atoms with Crippen molar-refractivity contribution in [1.29, 1.82) is 0 Å². The fourth-order valence-corrected chi connectivity index (χ4v) is 2.11. The van der Waals surface area contributed by atoms with Crippen LogP contribution in [-0.4, -0.2) is 20.5 Å². The second-order valence-electron chi connectivity index (χ2n) is 3.69. The van der Waals surface area contributed by atoms with Crippen molar-refractivity contribution in [3.63, 3.8) is 0 Å². The second-order valence-corrected chi connectivity index (χ2v) is 5.01. The van der Waals surface area contributed by atoms with Gasteiger partial charge in [0.2, 0.25) is 0 Å². The number of ketones is 1. The number of aromatic nitrogens is 2. The molecule has 0 radical (unpaired) electrons. The summed E-state index contributed by atoms with van der Waals surface area (Å²) in [4.78, 5) is 21.9. The lowest BCUT2D eigenvalue weighted by Gasteiger charge is -1.99. The zero-order valence-electron chi connectivity index (χ0n) is 9.42. The van der Waals surface area contributed by atoms with Crippen LogP contribution in [0, 0.1) is 10.1 Å². The van der Waals surface area contributed by atoms with Crippen LogP contribution < -0.4 is 0 Å². The fourth-order valence-electron chi connectivity index (χ4n) is 1.49. The molecule has 1 aromatic carbocycles. The molecule has 0 bridgehead atoms. The first-order chi connectivity index (χ1) is 8.97. The van der Waals surface area contributed by atoms with Gasteiger partial charge < -0.3 is 10.1 Å². The molecule has 0 fully saturated rings. The second kappa shape index (κ2) is 5.50. The number of rotatable bonds is 4. The highest BCUT2D eigenvalue weighted by Crippen LogP contribution is 2.21. The van der Waals surface area contributed by atoms with Gasteiger partial charge in [0, 0.05) is 10.0 Å². The number of nitro groups is 1. The van der Waals surface area contributed by atoms with E-state index in [4.69, 9.17) is 11.6 Å². The third kappa shape index (κ3) is 3.18. The van der Waals surface area contributed by atoms with Gasteiger partial charge in [-0.2, -0.15) is 4.68 Å². The van der Waals surface area contributed by atoms with Gasteiger partial charge in [0.05, 0.1) is 11.3 Å². The van der Waals surface area contributed by atoms with Crippen LogP contribution in [-0.2, 0) is 6.54 Å². The molecule has 0 aliphatic rings. The van der Waals surface area contributed by atoms with Gasteiger partial charge in [-0.3, -0.25) is 4.79 Å². The SMILES string of the molecule is O=C(Cn1cc(Cl)c([N+](=O)[O-])n1)c1cccc(Br)c1. The van der Waals surface area contributed by atoms with E-state index in [0.717, 1.165) is 9.15 Å². The van der Waals surface area contributed by atoms with Crippen LogP contribution in [0.4, 0.5) is 5.82 Å². The van der Waals surface area contributed by atoms with E-state index < -0.39 is 10.7 Å². The van der Waals surface area contributed by atoms with Crippen LogP contribution >= 0.6 is 27.5 Å². The molecule has 6 nitrogen and oxygen atoms in total. The summed E-state index contributed by atoms with van der Waals surface area (Å²) < 4.78 is 1.94. The van der Waals surface area contributed by atoms with Gasteiger partial charge in [-0.15, -0.1) is 0 Å². The van der Waals surface area contributed by atoms with Gasteiger partial charge in [0.1, 0.15) is 6.54 Å². The largest absolute Gasteiger partial charge is 0.408 e. The summed E-state index contributed by atoms with van der Waals surface area (Å²) in [5, 5.41) is 14.1. The van der Waals surface area contributed by atoms with Crippen molar-refractivity contribution < 1.29 is 9.72 Å². The molecule has 1 heterocycles. The molecule has 1 aromatic heterocycles. The molecule has 0 aliphatic carbocycles. The van der Waals surface area contributed by atoms with Crippen molar-refractivity contribution in [2.45, 2.75) is 6.54 Å². The maximum absolute atomic E-state index is 12.0. The van der Waals surface area contributed by atoms with Gasteiger partial charge in [0.25, 0.3) is 0 Å². The minimum atomic E-state index is -0.692. The predicted octanol–water partition coefficient (Wildman–Crippen LogP) is 3.09. The summed E-state index contributed by atoms with van der Waals surface area (Å²) >= 11 is 8.92. The Kier molecular flexibility index (Phi) is 3.96. The average molecular weight is 345 g/mol. The Hall–Kier alpha value is -1.73. The van der Waals surface area contributed by atoms with Crippen LogP contribution in [0.5, 0.6) is 0 Å². The maximum atomic E-state index is 12.0. The van der Waals surface area contributed by atoms with E-state index >= 15 is 0 Å². The Morgan fingerprint density at radius 3 is 2.84 bits per heavy atom. The first-order valence-electron chi connectivity index (χ1n) is 5.13. The Labute approximate surface area is 121 Å². The predicted molar refractivity (Wildman–Crippen MR) is 72.4 cm³/mol. The van der Waals surface area contributed by atoms with E-state index in [0.29, 0.717) is 5.56 Å². The Bertz CT molecular complexity index is 656. The molecule has 19 heavy (non-hydrogen) atoms. The Morgan fingerprint density at radius 1 is 1.53 bits per heavy atom. The highest BCUT2D eigenvalue weighted by Gasteiger charge is 2.20. The molecule has 0 atom stereocenters. The summed E-state index contributed by atoms with van der Waals surface area (Å²) in [5.74, 6) is -0.668. The van der Waals surface area contributed by atoms with Gasteiger partial charge in [-0.05, 0) is 17.1 Å². The normalized spacial score (nSPS) is 10.4. The number of nitrogens with zero attached hydrogens (tertiary/aromatic N) is 3.